The predicted molar refractivity (Wildman–Crippen MR) is 86.9 cm³/mol. The zero-order valence-corrected chi connectivity index (χ0v) is 14.7. The average Bonchev–Trinajstić information content (AvgIpc) is 2.44. The second-order valence-electron chi connectivity index (χ2n) is 5.65. The summed E-state index contributed by atoms with van der Waals surface area (Å²) in [6.07, 6.45) is 0.0209. The van der Waals surface area contributed by atoms with Gasteiger partial charge in [-0.1, -0.05) is 6.07 Å². The molecule has 2 rings (SSSR count). The summed E-state index contributed by atoms with van der Waals surface area (Å²) in [5.41, 5.74) is 0.797. The molecular weight excluding hydrogens is 320 g/mol. The highest BCUT2D eigenvalue weighted by molar-refractivity contribution is 7.87. The van der Waals surface area contributed by atoms with Crippen molar-refractivity contribution in [2.75, 3.05) is 27.3 Å². The number of rotatable bonds is 8. The lowest BCUT2D eigenvalue weighted by Crippen LogP contribution is -2.57. The molecule has 1 heterocycles. The SMILES string of the molecule is COc1cc(CNS(=O)(=O)N2CC(OC)C2)ccc1OC(C)C. The first kappa shape index (κ1) is 18.0. The summed E-state index contributed by atoms with van der Waals surface area (Å²) >= 11 is 0. The van der Waals surface area contributed by atoms with Crippen LogP contribution in [0.4, 0.5) is 0 Å². The Balaban J connectivity index is 1.98. The number of nitrogens with zero attached hydrogens (tertiary/aromatic N) is 1. The van der Waals surface area contributed by atoms with E-state index in [0.717, 1.165) is 5.56 Å². The number of hydrogen-bond acceptors (Lipinski definition) is 5. The highest BCUT2D eigenvalue weighted by Gasteiger charge is 2.35. The third-order valence-electron chi connectivity index (χ3n) is 3.54. The molecule has 8 heteroatoms. The summed E-state index contributed by atoms with van der Waals surface area (Å²) in [6, 6.07) is 5.37. The zero-order valence-electron chi connectivity index (χ0n) is 13.9. The Morgan fingerprint density at radius 3 is 2.52 bits per heavy atom. The molecule has 0 radical (unpaired) electrons. The molecule has 0 spiro atoms. The van der Waals surface area contributed by atoms with E-state index in [-0.39, 0.29) is 18.8 Å². The molecule has 0 saturated carbocycles. The molecule has 1 fully saturated rings. The Hall–Kier alpha value is -1.35. The molecule has 1 aromatic rings. The van der Waals surface area contributed by atoms with Crippen LogP contribution >= 0.6 is 0 Å². The van der Waals surface area contributed by atoms with Gasteiger partial charge in [-0.25, -0.2) is 0 Å². The largest absolute Gasteiger partial charge is 0.493 e. The van der Waals surface area contributed by atoms with E-state index in [0.29, 0.717) is 24.6 Å². The van der Waals surface area contributed by atoms with Crippen LogP contribution in [0.5, 0.6) is 11.5 Å². The standard InChI is InChI=1S/C15H24N2O5S/c1-11(2)22-14-6-5-12(7-15(14)21-4)8-16-23(18,19)17-9-13(10-17)20-3/h5-7,11,13,16H,8-10H2,1-4H3. The van der Waals surface area contributed by atoms with Gasteiger partial charge in [-0.05, 0) is 31.5 Å². The molecule has 0 aromatic heterocycles. The maximum atomic E-state index is 12.1. The number of benzene rings is 1. The normalized spacial score (nSPS) is 16.4. The van der Waals surface area contributed by atoms with Gasteiger partial charge in [0.1, 0.15) is 0 Å². The van der Waals surface area contributed by atoms with Crippen molar-refractivity contribution in [1.82, 2.24) is 9.03 Å². The van der Waals surface area contributed by atoms with Crippen LogP contribution in [0.1, 0.15) is 19.4 Å². The van der Waals surface area contributed by atoms with Crippen LogP contribution in [0.2, 0.25) is 0 Å². The van der Waals surface area contributed by atoms with Crippen molar-refractivity contribution >= 4 is 10.2 Å². The van der Waals surface area contributed by atoms with Crippen LogP contribution in [0.3, 0.4) is 0 Å². The average molecular weight is 344 g/mol. The molecule has 0 bridgehead atoms. The van der Waals surface area contributed by atoms with Gasteiger partial charge in [0.2, 0.25) is 0 Å². The van der Waals surface area contributed by atoms with Crippen molar-refractivity contribution in [2.24, 2.45) is 0 Å². The highest BCUT2D eigenvalue weighted by atomic mass is 32.2. The summed E-state index contributed by atoms with van der Waals surface area (Å²) in [5.74, 6) is 1.22. The third kappa shape index (κ3) is 4.57. The molecule has 0 unspecified atom stereocenters. The fourth-order valence-electron chi connectivity index (χ4n) is 2.19. The molecule has 1 saturated heterocycles. The maximum absolute atomic E-state index is 12.1. The van der Waals surface area contributed by atoms with Crippen molar-refractivity contribution in [1.29, 1.82) is 0 Å². The Morgan fingerprint density at radius 1 is 1.26 bits per heavy atom. The lowest BCUT2D eigenvalue weighted by Gasteiger charge is -2.36. The summed E-state index contributed by atoms with van der Waals surface area (Å²) in [6.45, 7) is 4.82. The molecule has 1 aliphatic rings. The second-order valence-corrected chi connectivity index (χ2v) is 7.41. The number of hydrogen-bond donors (Lipinski definition) is 1. The fourth-order valence-corrected chi connectivity index (χ4v) is 3.44. The topological polar surface area (TPSA) is 77.1 Å². The van der Waals surface area contributed by atoms with Crippen molar-refractivity contribution < 1.29 is 22.6 Å². The Morgan fingerprint density at radius 2 is 1.96 bits per heavy atom. The van der Waals surface area contributed by atoms with Crippen LogP contribution in [0.15, 0.2) is 18.2 Å². The van der Waals surface area contributed by atoms with Crippen LogP contribution in [-0.2, 0) is 21.5 Å². The molecular formula is C15H24N2O5S. The molecule has 1 N–H and O–H groups in total. The van der Waals surface area contributed by atoms with Gasteiger partial charge in [0.05, 0.1) is 19.3 Å². The summed E-state index contributed by atoms with van der Waals surface area (Å²) in [4.78, 5) is 0. The van der Waals surface area contributed by atoms with E-state index in [2.05, 4.69) is 4.72 Å². The van der Waals surface area contributed by atoms with Crippen LogP contribution in [-0.4, -0.2) is 52.2 Å². The third-order valence-corrected chi connectivity index (χ3v) is 5.02. The Kier molecular flexibility index (Phi) is 5.85. The first-order chi connectivity index (χ1) is 10.9. The lowest BCUT2D eigenvalue weighted by molar-refractivity contribution is 0.0119. The summed E-state index contributed by atoms with van der Waals surface area (Å²) in [5, 5.41) is 0. The molecule has 1 aliphatic heterocycles. The van der Waals surface area contributed by atoms with Crippen molar-refractivity contribution in [2.45, 2.75) is 32.6 Å². The van der Waals surface area contributed by atoms with Gasteiger partial charge >= 0.3 is 0 Å². The van der Waals surface area contributed by atoms with E-state index >= 15 is 0 Å². The van der Waals surface area contributed by atoms with Crippen molar-refractivity contribution in [3.63, 3.8) is 0 Å². The monoisotopic (exact) mass is 344 g/mol. The zero-order chi connectivity index (χ0) is 17.0. The van der Waals surface area contributed by atoms with E-state index in [1.54, 1.807) is 26.4 Å². The number of methoxy groups -OCH3 is 2. The Labute approximate surface area is 137 Å². The maximum Gasteiger partial charge on any atom is 0.279 e. The van der Waals surface area contributed by atoms with E-state index in [1.165, 1.54) is 4.31 Å². The molecule has 1 aromatic carbocycles. The smallest absolute Gasteiger partial charge is 0.279 e. The minimum Gasteiger partial charge on any atom is -0.493 e. The van der Waals surface area contributed by atoms with Gasteiger partial charge in [0.15, 0.2) is 11.5 Å². The molecule has 130 valence electrons. The molecule has 7 nitrogen and oxygen atoms in total. The van der Waals surface area contributed by atoms with Gasteiger partial charge in [0, 0.05) is 26.7 Å². The van der Waals surface area contributed by atoms with E-state index in [1.807, 2.05) is 19.9 Å². The van der Waals surface area contributed by atoms with E-state index in [4.69, 9.17) is 14.2 Å². The number of ether oxygens (including phenoxy) is 3. The van der Waals surface area contributed by atoms with Crippen LogP contribution in [0.25, 0.3) is 0 Å². The van der Waals surface area contributed by atoms with E-state index < -0.39 is 10.2 Å². The lowest BCUT2D eigenvalue weighted by atomic mass is 10.2. The van der Waals surface area contributed by atoms with Crippen LogP contribution in [0, 0.1) is 0 Å². The summed E-state index contributed by atoms with van der Waals surface area (Å²) in [7, 11) is -0.347. The molecule has 23 heavy (non-hydrogen) atoms. The van der Waals surface area contributed by atoms with Crippen molar-refractivity contribution in [3.8, 4) is 11.5 Å². The minimum atomic E-state index is -3.48. The van der Waals surface area contributed by atoms with Gasteiger partial charge in [-0.3, -0.25) is 0 Å². The molecule has 0 amide bonds. The van der Waals surface area contributed by atoms with Gasteiger partial charge < -0.3 is 14.2 Å². The van der Waals surface area contributed by atoms with Gasteiger partial charge in [0.25, 0.3) is 10.2 Å². The minimum absolute atomic E-state index is 0.0147. The van der Waals surface area contributed by atoms with Crippen LogP contribution < -0.4 is 14.2 Å². The van der Waals surface area contributed by atoms with E-state index in [9.17, 15) is 8.42 Å². The second kappa shape index (κ2) is 7.48. The highest BCUT2D eigenvalue weighted by Crippen LogP contribution is 2.29. The first-order valence-electron chi connectivity index (χ1n) is 7.46. The molecule has 0 aliphatic carbocycles. The summed E-state index contributed by atoms with van der Waals surface area (Å²) < 4.78 is 44.2. The number of nitrogens with one attached hydrogen (secondary N) is 1. The van der Waals surface area contributed by atoms with Crippen molar-refractivity contribution in [3.05, 3.63) is 23.8 Å². The van der Waals surface area contributed by atoms with Gasteiger partial charge in [-0.2, -0.15) is 17.4 Å². The first-order valence-corrected chi connectivity index (χ1v) is 8.91. The fraction of sp³-hybridized carbons (Fsp3) is 0.600. The molecule has 0 atom stereocenters. The van der Waals surface area contributed by atoms with Gasteiger partial charge in [-0.15, -0.1) is 0 Å². The Bertz CT molecular complexity index is 627. The quantitative estimate of drug-likeness (QED) is 0.765. The predicted octanol–water partition coefficient (Wildman–Crippen LogP) is 1.15.